The van der Waals surface area contributed by atoms with Crippen molar-refractivity contribution in [2.24, 2.45) is 29.2 Å². The SMILES string of the molecule is Cl.NC(=O)C1Cc2ccccc2CN1C(=O)C1CC2CCCC(C1)C2N. The van der Waals surface area contributed by atoms with E-state index in [0.717, 1.165) is 36.8 Å². The molecule has 0 radical (unpaired) electrons. The smallest absolute Gasteiger partial charge is 0.240 e. The highest BCUT2D eigenvalue weighted by Crippen LogP contribution is 2.43. The van der Waals surface area contributed by atoms with Gasteiger partial charge in [0.25, 0.3) is 0 Å². The molecule has 26 heavy (non-hydrogen) atoms. The van der Waals surface area contributed by atoms with Gasteiger partial charge in [0.15, 0.2) is 0 Å². The number of nitrogens with zero attached hydrogens (tertiary/aromatic N) is 1. The van der Waals surface area contributed by atoms with Gasteiger partial charge in [-0.3, -0.25) is 9.59 Å². The highest BCUT2D eigenvalue weighted by atomic mass is 35.5. The van der Waals surface area contributed by atoms with Crippen molar-refractivity contribution in [3.63, 3.8) is 0 Å². The van der Waals surface area contributed by atoms with Crippen LogP contribution in [0.4, 0.5) is 0 Å². The highest BCUT2D eigenvalue weighted by Gasteiger charge is 2.44. The topological polar surface area (TPSA) is 89.4 Å². The number of fused-ring (bicyclic) bond motifs is 3. The van der Waals surface area contributed by atoms with Crippen molar-refractivity contribution in [3.05, 3.63) is 35.4 Å². The number of halogens is 1. The van der Waals surface area contributed by atoms with Gasteiger partial charge in [0.2, 0.25) is 11.8 Å². The molecule has 2 bridgehead atoms. The number of primary amides is 1. The zero-order valence-corrected chi connectivity index (χ0v) is 15.8. The van der Waals surface area contributed by atoms with Crippen molar-refractivity contribution in [2.45, 2.75) is 57.2 Å². The molecule has 2 saturated carbocycles. The minimum Gasteiger partial charge on any atom is -0.368 e. The minimum atomic E-state index is -0.530. The van der Waals surface area contributed by atoms with Crippen LogP contribution in [-0.2, 0) is 22.6 Å². The Balaban J connectivity index is 0.00000196. The summed E-state index contributed by atoms with van der Waals surface area (Å²) < 4.78 is 0. The lowest BCUT2D eigenvalue weighted by Gasteiger charge is -2.45. The van der Waals surface area contributed by atoms with Crippen LogP contribution < -0.4 is 11.5 Å². The zero-order valence-electron chi connectivity index (χ0n) is 15.0. The van der Waals surface area contributed by atoms with E-state index in [2.05, 4.69) is 0 Å². The molecule has 2 amide bonds. The van der Waals surface area contributed by atoms with Crippen LogP contribution in [0.2, 0.25) is 0 Å². The van der Waals surface area contributed by atoms with E-state index in [1.165, 1.54) is 6.42 Å². The monoisotopic (exact) mass is 377 g/mol. The first-order valence-electron chi connectivity index (χ1n) is 9.46. The maximum atomic E-state index is 13.3. The van der Waals surface area contributed by atoms with Crippen LogP contribution >= 0.6 is 12.4 Å². The third-order valence-corrected chi connectivity index (χ3v) is 6.62. The standard InChI is InChI=1S/C20H27N3O2.ClH/c21-18-13-6-3-7-14(18)9-16(8-13)20(25)23-11-15-5-2-1-4-12(15)10-17(23)19(22)24;/h1-2,4-5,13-14,16-18H,3,6-11,21H2,(H2,22,24);1H. The molecule has 5 nitrogen and oxygen atoms in total. The molecule has 1 aliphatic heterocycles. The second kappa shape index (κ2) is 7.57. The Hall–Kier alpha value is -1.59. The second-order valence-corrected chi connectivity index (χ2v) is 8.05. The molecule has 0 saturated heterocycles. The van der Waals surface area contributed by atoms with Crippen LogP contribution in [0.5, 0.6) is 0 Å². The molecule has 1 heterocycles. The number of benzene rings is 1. The maximum Gasteiger partial charge on any atom is 0.240 e. The normalized spacial score (nSPS) is 33.0. The van der Waals surface area contributed by atoms with Gasteiger partial charge < -0.3 is 16.4 Å². The van der Waals surface area contributed by atoms with Crippen molar-refractivity contribution >= 4 is 24.2 Å². The van der Waals surface area contributed by atoms with Crippen LogP contribution in [0, 0.1) is 17.8 Å². The summed E-state index contributed by atoms with van der Waals surface area (Å²) in [5.41, 5.74) is 14.3. The Labute approximate surface area is 160 Å². The fraction of sp³-hybridized carbons (Fsp3) is 0.600. The first-order chi connectivity index (χ1) is 12.0. The quantitative estimate of drug-likeness (QED) is 0.826. The number of carbonyl (C=O) groups is 2. The fourth-order valence-electron chi connectivity index (χ4n) is 5.23. The predicted molar refractivity (Wildman–Crippen MR) is 102 cm³/mol. The summed E-state index contributed by atoms with van der Waals surface area (Å²) in [6.07, 6.45) is 5.73. The molecular weight excluding hydrogens is 350 g/mol. The molecule has 1 aromatic carbocycles. The fourth-order valence-corrected chi connectivity index (χ4v) is 5.23. The molecule has 2 fully saturated rings. The van der Waals surface area contributed by atoms with E-state index >= 15 is 0 Å². The molecule has 0 aromatic heterocycles. The summed E-state index contributed by atoms with van der Waals surface area (Å²) in [7, 11) is 0. The van der Waals surface area contributed by atoms with E-state index < -0.39 is 11.9 Å². The summed E-state index contributed by atoms with van der Waals surface area (Å²) >= 11 is 0. The zero-order chi connectivity index (χ0) is 17.6. The largest absolute Gasteiger partial charge is 0.368 e. The molecule has 3 aliphatic rings. The summed E-state index contributed by atoms with van der Waals surface area (Å²) in [6, 6.07) is 7.73. The highest BCUT2D eigenvalue weighted by molar-refractivity contribution is 5.88. The van der Waals surface area contributed by atoms with Gasteiger partial charge in [-0.05, 0) is 48.6 Å². The summed E-state index contributed by atoms with van der Waals surface area (Å²) in [4.78, 5) is 27.0. The lowest BCUT2D eigenvalue weighted by Crippen LogP contribution is -2.55. The van der Waals surface area contributed by atoms with Crippen LogP contribution in [-0.4, -0.2) is 28.8 Å². The molecular formula is C20H28ClN3O2. The van der Waals surface area contributed by atoms with E-state index in [-0.39, 0.29) is 30.3 Å². The number of hydrogen-bond donors (Lipinski definition) is 2. The Bertz CT molecular complexity index is 681. The van der Waals surface area contributed by atoms with Crippen LogP contribution in [0.1, 0.15) is 43.2 Å². The van der Waals surface area contributed by atoms with Gasteiger partial charge in [-0.1, -0.05) is 30.7 Å². The molecule has 4 rings (SSSR count). The molecule has 0 spiro atoms. The number of nitrogens with two attached hydrogens (primary N) is 2. The van der Waals surface area contributed by atoms with Crippen molar-refractivity contribution in [1.29, 1.82) is 0 Å². The van der Waals surface area contributed by atoms with Crippen molar-refractivity contribution in [1.82, 2.24) is 4.90 Å². The first kappa shape index (κ1) is 19.2. The van der Waals surface area contributed by atoms with Crippen molar-refractivity contribution in [3.8, 4) is 0 Å². The molecule has 6 heteroatoms. The Morgan fingerprint density at radius 2 is 1.65 bits per heavy atom. The molecule has 142 valence electrons. The molecule has 3 unspecified atom stereocenters. The Morgan fingerprint density at radius 1 is 1.04 bits per heavy atom. The van der Waals surface area contributed by atoms with Crippen molar-refractivity contribution < 1.29 is 9.59 Å². The predicted octanol–water partition coefficient (Wildman–Crippen LogP) is 2.00. The van der Waals surface area contributed by atoms with Gasteiger partial charge in [-0.2, -0.15) is 0 Å². The van der Waals surface area contributed by atoms with E-state index in [4.69, 9.17) is 11.5 Å². The first-order valence-corrected chi connectivity index (χ1v) is 9.46. The van der Waals surface area contributed by atoms with Gasteiger partial charge in [0.05, 0.1) is 0 Å². The van der Waals surface area contributed by atoms with Crippen LogP contribution in [0.15, 0.2) is 24.3 Å². The van der Waals surface area contributed by atoms with Gasteiger partial charge in [-0.25, -0.2) is 0 Å². The summed E-state index contributed by atoms with van der Waals surface area (Å²) in [5.74, 6) is 0.580. The third kappa shape index (κ3) is 3.35. The van der Waals surface area contributed by atoms with Crippen LogP contribution in [0.3, 0.4) is 0 Å². The number of rotatable bonds is 2. The van der Waals surface area contributed by atoms with Crippen LogP contribution in [0.25, 0.3) is 0 Å². The average molecular weight is 378 g/mol. The van der Waals surface area contributed by atoms with E-state index in [9.17, 15) is 9.59 Å². The van der Waals surface area contributed by atoms with Gasteiger partial charge in [0, 0.05) is 24.9 Å². The molecule has 1 aromatic rings. The number of hydrogen-bond acceptors (Lipinski definition) is 3. The molecule has 2 aliphatic carbocycles. The summed E-state index contributed by atoms with van der Waals surface area (Å²) in [5, 5.41) is 0. The lowest BCUT2D eigenvalue weighted by atomic mass is 9.64. The lowest BCUT2D eigenvalue weighted by molar-refractivity contribution is -0.146. The van der Waals surface area contributed by atoms with E-state index in [1.807, 2.05) is 24.3 Å². The second-order valence-electron chi connectivity index (χ2n) is 8.05. The van der Waals surface area contributed by atoms with Crippen molar-refractivity contribution in [2.75, 3.05) is 0 Å². The average Bonchev–Trinajstić information content (AvgIpc) is 2.59. The van der Waals surface area contributed by atoms with E-state index in [1.54, 1.807) is 4.90 Å². The molecule has 3 atom stereocenters. The van der Waals surface area contributed by atoms with Gasteiger partial charge in [0.1, 0.15) is 6.04 Å². The maximum absolute atomic E-state index is 13.3. The summed E-state index contributed by atoms with van der Waals surface area (Å²) in [6.45, 7) is 0.487. The van der Waals surface area contributed by atoms with E-state index in [0.29, 0.717) is 24.8 Å². The molecule has 4 N–H and O–H groups in total. The number of amides is 2. The van der Waals surface area contributed by atoms with Gasteiger partial charge >= 0.3 is 0 Å². The Kier molecular flexibility index (Phi) is 5.58. The third-order valence-electron chi connectivity index (χ3n) is 6.62. The van der Waals surface area contributed by atoms with Gasteiger partial charge in [-0.15, -0.1) is 12.4 Å². The number of carbonyl (C=O) groups excluding carboxylic acids is 2. The minimum absolute atomic E-state index is 0. The Morgan fingerprint density at radius 3 is 2.27 bits per heavy atom.